The van der Waals surface area contributed by atoms with Gasteiger partial charge in [0.2, 0.25) is 0 Å². The van der Waals surface area contributed by atoms with Crippen LogP contribution in [0.2, 0.25) is 0 Å². The number of benzene rings is 1. The minimum absolute atomic E-state index is 0.334. The molecule has 0 aliphatic heterocycles. The van der Waals surface area contributed by atoms with E-state index in [0.717, 1.165) is 29.6 Å². The molecule has 19 heavy (non-hydrogen) atoms. The molecular weight excluding hydrogens is 240 g/mol. The second-order valence-electron chi connectivity index (χ2n) is 5.37. The Bertz CT molecular complexity index is 552. The molecule has 1 saturated carbocycles. The van der Waals surface area contributed by atoms with E-state index in [9.17, 15) is 5.11 Å². The molecule has 1 N–H and O–H groups in total. The first kappa shape index (κ1) is 12.5. The summed E-state index contributed by atoms with van der Waals surface area (Å²) in [6.07, 6.45) is 5.41. The van der Waals surface area contributed by atoms with Crippen LogP contribution in [-0.4, -0.2) is 12.2 Å². The molecule has 0 saturated heterocycles. The third-order valence-electron chi connectivity index (χ3n) is 4.13. The van der Waals surface area contributed by atoms with Crippen molar-refractivity contribution in [3.63, 3.8) is 0 Å². The Labute approximate surface area is 113 Å². The summed E-state index contributed by atoms with van der Waals surface area (Å²) < 4.78 is 11.1. The molecule has 0 spiro atoms. The maximum atomic E-state index is 10.5. The summed E-state index contributed by atoms with van der Waals surface area (Å²) in [7, 11) is 1.63. The SMILES string of the molecule is COc1cccc2cc(C(O)C3CCCCC3)oc12. The van der Waals surface area contributed by atoms with Gasteiger partial charge in [0.25, 0.3) is 0 Å². The van der Waals surface area contributed by atoms with Gasteiger partial charge in [-0.25, -0.2) is 0 Å². The van der Waals surface area contributed by atoms with Gasteiger partial charge in [-0.15, -0.1) is 0 Å². The molecule has 3 rings (SSSR count). The Kier molecular flexibility index (Phi) is 3.47. The van der Waals surface area contributed by atoms with Crippen LogP contribution < -0.4 is 4.74 Å². The summed E-state index contributed by atoms with van der Waals surface area (Å²) in [4.78, 5) is 0. The van der Waals surface area contributed by atoms with Gasteiger partial charge in [-0.05, 0) is 30.9 Å². The summed E-state index contributed by atoms with van der Waals surface area (Å²) in [6, 6.07) is 7.74. The Hall–Kier alpha value is -1.48. The number of furan rings is 1. The summed E-state index contributed by atoms with van der Waals surface area (Å²) in [5, 5.41) is 11.5. The van der Waals surface area contributed by atoms with E-state index in [0.29, 0.717) is 11.7 Å². The van der Waals surface area contributed by atoms with Crippen molar-refractivity contribution in [3.8, 4) is 5.75 Å². The molecule has 1 fully saturated rings. The predicted molar refractivity (Wildman–Crippen MR) is 74.3 cm³/mol. The summed E-state index contributed by atoms with van der Waals surface area (Å²) in [5.74, 6) is 1.73. The van der Waals surface area contributed by atoms with Crippen LogP contribution in [0.5, 0.6) is 5.75 Å². The van der Waals surface area contributed by atoms with Gasteiger partial charge in [0.15, 0.2) is 11.3 Å². The molecule has 1 heterocycles. The molecule has 1 aromatic carbocycles. The van der Waals surface area contributed by atoms with Gasteiger partial charge < -0.3 is 14.3 Å². The first-order chi connectivity index (χ1) is 9.29. The molecule has 1 aliphatic carbocycles. The molecule has 0 amide bonds. The average Bonchev–Trinajstić information content (AvgIpc) is 2.91. The molecule has 0 bridgehead atoms. The first-order valence-corrected chi connectivity index (χ1v) is 7.04. The largest absolute Gasteiger partial charge is 0.493 e. The number of fused-ring (bicyclic) bond motifs is 1. The Balaban J connectivity index is 1.92. The summed E-state index contributed by atoms with van der Waals surface area (Å²) in [6.45, 7) is 0. The van der Waals surface area contributed by atoms with Gasteiger partial charge in [-0.1, -0.05) is 31.4 Å². The highest BCUT2D eigenvalue weighted by Crippen LogP contribution is 2.38. The average molecular weight is 260 g/mol. The van der Waals surface area contributed by atoms with Crippen molar-refractivity contribution in [2.24, 2.45) is 5.92 Å². The topological polar surface area (TPSA) is 42.6 Å². The number of methoxy groups -OCH3 is 1. The first-order valence-electron chi connectivity index (χ1n) is 7.04. The zero-order valence-corrected chi connectivity index (χ0v) is 11.3. The Morgan fingerprint density at radius 1 is 1.26 bits per heavy atom. The fourth-order valence-electron chi connectivity index (χ4n) is 3.04. The van der Waals surface area contributed by atoms with E-state index < -0.39 is 6.10 Å². The van der Waals surface area contributed by atoms with Gasteiger partial charge in [0, 0.05) is 5.39 Å². The lowest BCUT2D eigenvalue weighted by Crippen LogP contribution is -2.15. The lowest BCUT2D eigenvalue weighted by molar-refractivity contribution is 0.0667. The van der Waals surface area contributed by atoms with Crippen LogP contribution >= 0.6 is 0 Å². The van der Waals surface area contributed by atoms with Gasteiger partial charge >= 0.3 is 0 Å². The third-order valence-corrected chi connectivity index (χ3v) is 4.13. The number of aliphatic hydroxyl groups excluding tert-OH is 1. The van der Waals surface area contributed by atoms with Crippen molar-refractivity contribution >= 4 is 11.0 Å². The minimum atomic E-state index is -0.489. The lowest BCUT2D eigenvalue weighted by atomic mass is 9.84. The van der Waals surface area contributed by atoms with Crippen molar-refractivity contribution in [2.45, 2.75) is 38.2 Å². The molecule has 2 aromatic rings. The molecule has 0 radical (unpaired) electrons. The van der Waals surface area contributed by atoms with E-state index in [1.807, 2.05) is 24.3 Å². The minimum Gasteiger partial charge on any atom is -0.493 e. The summed E-state index contributed by atoms with van der Waals surface area (Å²) >= 11 is 0. The van der Waals surface area contributed by atoms with E-state index in [4.69, 9.17) is 9.15 Å². The number of hydrogen-bond donors (Lipinski definition) is 1. The van der Waals surface area contributed by atoms with Gasteiger partial charge in [0.1, 0.15) is 11.9 Å². The zero-order valence-electron chi connectivity index (χ0n) is 11.3. The van der Waals surface area contributed by atoms with Crippen LogP contribution in [-0.2, 0) is 0 Å². The van der Waals surface area contributed by atoms with Crippen molar-refractivity contribution < 1.29 is 14.3 Å². The third kappa shape index (κ3) is 2.35. The van der Waals surface area contributed by atoms with E-state index in [-0.39, 0.29) is 0 Å². The molecule has 1 unspecified atom stereocenters. The normalized spacial score (nSPS) is 18.6. The maximum Gasteiger partial charge on any atom is 0.176 e. The Morgan fingerprint density at radius 2 is 2.05 bits per heavy atom. The van der Waals surface area contributed by atoms with Crippen molar-refractivity contribution in [3.05, 3.63) is 30.0 Å². The van der Waals surface area contributed by atoms with Gasteiger partial charge in [0.05, 0.1) is 7.11 Å². The highest BCUT2D eigenvalue weighted by atomic mass is 16.5. The number of rotatable bonds is 3. The zero-order chi connectivity index (χ0) is 13.2. The van der Waals surface area contributed by atoms with Crippen LogP contribution in [0.15, 0.2) is 28.7 Å². The smallest absolute Gasteiger partial charge is 0.176 e. The number of ether oxygens (including phenoxy) is 1. The molecule has 102 valence electrons. The standard InChI is InChI=1S/C16H20O3/c1-18-13-9-5-8-12-10-14(19-16(12)13)15(17)11-6-3-2-4-7-11/h5,8-11,15,17H,2-4,6-7H2,1H3. The highest BCUT2D eigenvalue weighted by molar-refractivity contribution is 5.83. The number of para-hydroxylation sites is 1. The monoisotopic (exact) mass is 260 g/mol. The molecule has 3 nitrogen and oxygen atoms in total. The maximum absolute atomic E-state index is 10.5. The fraction of sp³-hybridized carbons (Fsp3) is 0.500. The van der Waals surface area contributed by atoms with Crippen LogP contribution in [0, 0.1) is 5.92 Å². The van der Waals surface area contributed by atoms with Crippen molar-refractivity contribution in [2.75, 3.05) is 7.11 Å². The molecule has 3 heteroatoms. The second kappa shape index (κ2) is 5.25. The van der Waals surface area contributed by atoms with Crippen molar-refractivity contribution in [1.29, 1.82) is 0 Å². The summed E-state index contributed by atoms with van der Waals surface area (Å²) in [5.41, 5.74) is 0.731. The lowest BCUT2D eigenvalue weighted by Gasteiger charge is -2.25. The molecule has 1 atom stereocenters. The fourth-order valence-corrected chi connectivity index (χ4v) is 3.04. The van der Waals surface area contributed by atoms with Gasteiger partial charge in [-0.2, -0.15) is 0 Å². The van der Waals surface area contributed by atoms with Crippen LogP contribution in [0.25, 0.3) is 11.0 Å². The highest BCUT2D eigenvalue weighted by Gasteiger charge is 2.26. The van der Waals surface area contributed by atoms with Crippen LogP contribution in [0.1, 0.15) is 44.0 Å². The molecular formula is C16H20O3. The number of hydrogen-bond acceptors (Lipinski definition) is 3. The predicted octanol–water partition coefficient (Wildman–Crippen LogP) is 4.06. The van der Waals surface area contributed by atoms with Gasteiger partial charge in [-0.3, -0.25) is 0 Å². The van der Waals surface area contributed by atoms with Crippen LogP contribution in [0.3, 0.4) is 0 Å². The van der Waals surface area contributed by atoms with E-state index >= 15 is 0 Å². The molecule has 1 aliphatic rings. The van der Waals surface area contributed by atoms with E-state index in [1.54, 1.807) is 7.11 Å². The van der Waals surface area contributed by atoms with Crippen LogP contribution in [0.4, 0.5) is 0 Å². The number of aliphatic hydroxyl groups is 1. The molecule has 1 aromatic heterocycles. The van der Waals surface area contributed by atoms with E-state index in [2.05, 4.69) is 0 Å². The quantitative estimate of drug-likeness (QED) is 0.905. The van der Waals surface area contributed by atoms with E-state index in [1.165, 1.54) is 19.3 Å². The second-order valence-corrected chi connectivity index (χ2v) is 5.37. The van der Waals surface area contributed by atoms with Crippen molar-refractivity contribution in [1.82, 2.24) is 0 Å². The Morgan fingerprint density at radius 3 is 2.79 bits per heavy atom.